The van der Waals surface area contributed by atoms with E-state index in [0.717, 1.165) is 12.1 Å². The van der Waals surface area contributed by atoms with E-state index < -0.39 is 12.9 Å². The molecule has 1 rings (SSSR count). The average Bonchev–Trinajstić information content (AvgIpc) is 2.24. The topological polar surface area (TPSA) is 58.9 Å². The Hall–Kier alpha value is -1.11. The minimum absolute atomic E-state index is 0.120. The summed E-state index contributed by atoms with van der Waals surface area (Å²) in [7, 11) is -1.68. The van der Waals surface area contributed by atoms with Gasteiger partial charge in [-0.05, 0) is 13.0 Å². The molecule has 0 unspecified atom stereocenters. The molecule has 0 aliphatic carbocycles. The van der Waals surface area contributed by atoms with Crippen molar-refractivity contribution in [1.29, 1.82) is 0 Å². The second-order valence-corrected chi connectivity index (χ2v) is 3.10. The lowest BCUT2D eigenvalue weighted by Crippen LogP contribution is -2.32. The van der Waals surface area contributed by atoms with Crippen LogP contribution in [0.25, 0.3) is 0 Å². The maximum atomic E-state index is 12.9. The van der Waals surface area contributed by atoms with E-state index >= 15 is 0 Å². The third-order valence-electron chi connectivity index (χ3n) is 1.94. The molecule has 1 aromatic rings. The Morgan fingerprint density at radius 1 is 1.31 bits per heavy atom. The zero-order chi connectivity index (χ0) is 12.0. The van der Waals surface area contributed by atoms with Crippen molar-refractivity contribution in [3.05, 3.63) is 24.0 Å². The highest BCUT2D eigenvalue weighted by Crippen LogP contribution is 2.10. The maximum absolute atomic E-state index is 12.9. The third kappa shape index (κ3) is 3.81. The van der Waals surface area contributed by atoms with Crippen molar-refractivity contribution in [1.82, 2.24) is 0 Å². The number of ether oxygens (including phenoxy) is 2. The smallest absolute Gasteiger partial charge is 0.491 e. The van der Waals surface area contributed by atoms with Crippen LogP contribution < -0.4 is 10.2 Å². The normalized spacial score (nSPS) is 10.2. The summed E-state index contributed by atoms with van der Waals surface area (Å²) >= 11 is 0. The fourth-order valence-electron chi connectivity index (χ4n) is 1.20. The molecule has 0 saturated heterocycles. The Morgan fingerprint density at radius 2 is 2.06 bits per heavy atom. The summed E-state index contributed by atoms with van der Waals surface area (Å²) in [6, 6.07) is 3.53. The van der Waals surface area contributed by atoms with Gasteiger partial charge in [-0.1, -0.05) is 6.07 Å². The highest BCUT2D eigenvalue weighted by Gasteiger charge is 2.17. The Bertz CT molecular complexity index is 333. The Kier molecular flexibility index (Phi) is 5.24. The van der Waals surface area contributed by atoms with Gasteiger partial charge in [0.15, 0.2) is 0 Å². The van der Waals surface area contributed by atoms with Gasteiger partial charge in [0.25, 0.3) is 0 Å². The van der Waals surface area contributed by atoms with Gasteiger partial charge >= 0.3 is 7.12 Å². The predicted octanol–water partition coefficient (Wildman–Crippen LogP) is -0.0792. The summed E-state index contributed by atoms with van der Waals surface area (Å²) in [4.78, 5) is 0. The molecule has 16 heavy (non-hydrogen) atoms. The molecule has 0 amide bonds. The summed E-state index contributed by atoms with van der Waals surface area (Å²) in [5, 5.41) is 18.0. The molecular formula is C10H14BFO4. The van der Waals surface area contributed by atoms with Crippen LogP contribution in [0.3, 0.4) is 0 Å². The van der Waals surface area contributed by atoms with Crippen LogP contribution in [0.15, 0.2) is 18.2 Å². The quantitative estimate of drug-likeness (QED) is 0.528. The molecule has 0 atom stereocenters. The van der Waals surface area contributed by atoms with Crippen molar-refractivity contribution in [3.63, 3.8) is 0 Å². The Morgan fingerprint density at radius 3 is 2.69 bits per heavy atom. The van der Waals surface area contributed by atoms with Gasteiger partial charge in [-0.15, -0.1) is 0 Å². The molecule has 6 heteroatoms. The van der Waals surface area contributed by atoms with Gasteiger partial charge in [0.1, 0.15) is 18.2 Å². The molecule has 1 aromatic carbocycles. The lowest BCUT2D eigenvalue weighted by atomic mass is 9.79. The summed E-state index contributed by atoms with van der Waals surface area (Å²) in [5.74, 6) is -0.370. The third-order valence-corrected chi connectivity index (χ3v) is 1.94. The SMILES string of the molecule is CCOCCOc1cc(F)ccc1B(O)O. The van der Waals surface area contributed by atoms with Gasteiger partial charge < -0.3 is 19.5 Å². The van der Waals surface area contributed by atoms with Gasteiger partial charge in [-0.2, -0.15) is 0 Å². The van der Waals surface area contributed by atoms with Crippen LogP contribution in [-0.2, 0) is 4.74 Å². The lowest BCUT2D eigenvalue weighted by Gasteiger charge is -2.11. The van der Waals surface area contributed by atoms with E-state index in [1.54, 1.807) is 0 Å². The molecule has 0 aliphatic heterocycles. The first-order valence-corrected chi connectivity index (χ1v) is 5.01. The molecule has 0 saturated carbocycles. The molecule has 0 heterocycles. The van der Waals surface area contributed by atoms with Crippen LogP contribution in [0.2, 0.25) is 0 Å². The maximum Gasteiger partial charge on any atom is 0.492 e. The van der Waals surface area contributed by atoms with E-state index in [-0.39, 0.29) is 17.8 Å². The zero-order valence-corrected chi connectivity index (χ0v) is 9.02. The fraction of sp³-hybridized carbons (Fsp3) is 0.400. The monoisotopic (exact) mass is 228 g/mol. The van der Waals surface area contributed by atoms with Gasteiger partial charge in [-0.25, -0.2) is 4.39 Å². The predicted molar refractivity (Wildman–Crippen MR) is 58.2 cm³/mol. The van der Waals surface area contributed by atoms with Crippen molar-refractivity contribution in [2.24, 2.45) is 0 Å². The highest BCUT2D eigenvalue weighted by atomic mass is 19.1. The first-order chi connectivity index (χ1) is 7.65. The average molecular weight is 228 g/mol. The summed E-state index contributed by atoms with van der Waals surface area (Å²) in [6.45, 7) is 3.03. The molecule has 0 radical (unpaired) electrons. The number of benzene rings is 1. The molecular weight excluding hydrogens is 214 g/mol. The van der Waals surface area contributed by atoms with Crippen LogP contribution >= 0.6 is 0 Å². The second kappa shape index (κ2) is 6.47. The van der Waals surface area contributed by atoms with E-state index in [0.29, 0.717) is 13.2 Å². The van der Waals surface area contributed by atoms with Gasteiger partial charge in [0.2, 0.25) is 0 Å². The molecule has 88 valence electrons. The van der Waals surface area contributed by atoms with E-state index in [2.05, 4.69) is 0 Å². The molecule has 4 nitrogen and oxygen atoms in total. The van der Waals surface area contributed by atoms with Crippen molar-refractivity contribution in [3.8, 4) is 5.75 Å². The minimum atomic E-state index is -1.68. The Labute approximate surface area is 93.8 Å². The fourth-order valence-corrected chi connectivity index (χ4v) is 1.20. The van der Waals surface area contributed by atoms with Crippen LogP contribution in [0.1, 0.15) is 6.92 Å². The van der Waals surface area contributed by atoms with Gasteiger partial charge in [-0.3, -0.25) is 0 Å². The molecule has 0 fully saturated rings. The molecule has 0 spiro atoms. The standard InChI is InChI=1S/C10H14BFO4/c1-2-15-5-6-16-10-7-8(12)3-4-9(10)11(13)14/h3-4,7,13-14H,2,5-6H2,1H3. The van der Waals surface area contributed by atoms with Crippen LogP contribution in [0, 0.1) is 5.82 Å². The molecule has 0 bridgehead atoms. The first kappa shape index (κ1) is 13.0. The largest absolute Gasteiger partial charge is 0.492 e. The number of hydrogen-bond donors (Lipinski definition) is 2. The number of hydrogen-bond acceptors (Lipinski definition) is 4. The molecule has 0 aliphatic rings. The van der Waals surface area contributed by atoms with Crippen molar-refractivity contribution < 1.29 is 23.9 Å². The van der Waals surface area contributed by atoms with Crippen molar-refractivity contribution in [2.75, 3.05) is 19.8 Å². The molecule has 0 aromatic heterocycles. The minimum Gasteiger partial charge on any atom is -0.491 e. The van der Waals surface area contributed by atoms with Crippen LogP contribution in [-0.4, -0.2) is 37.0 Å². The van der Waals surface area contributed by atoms with Crippen molar-refractivity contribution in [2.45, 2.75) is 6.92 Å². The Balaban J connectivity index is 2.65. The molecule has 2 N–H and O–H groups in total. The number of rotatable bonds is 6. The number of halogens is 1. The zero-order valence-electron chi connectivity index (χ0n) is 9.02. The second-order valence-electron chi connectivity index (χ2n) is 3.10. The van der Waals surface area contributed by atoms with Crippen LogP contribution in [0.4, 0.5) is 4.39 Å². The van der Waals surface area contributed by atoms with Gasteiger partial charge in [0, 0.05) is 18.1 Å². The van der Waals surface area contributed by atoms with E-state index in [9.17, 15) is 4.39 Å². The summed E-state index contributed by atoms with van der Waals surface area (Å²) < 4.78 is 23.1. The van der Waals surface area contributed by atoms with Crippen LogP contribution in [0.5, 0.6) is 5.75 Å². The summed E-state index contributed by atoms with van der Waals surface area (Å²) in [6.07, 6.45) is 0. The van der Waals surface area contributed by atoms with Gasteiger partial charge in [0.05, 0.1) is 6.61 Å². The van der Waals surface area contributed by atoms with Crippen molar-refractivity contribution >= 4 is 12.6 Å². The van der Waals surface area contributed by atoms with E-state index in [1.165, 1.54) is 6.07 Å². The summed E-state index contributed by atoms with van der Waals surface area (Å²) in [5.41, 5.74) is 0.137. The highest BCUT2D eigenvalue weighted by molar-refractivity contribution is 6.59. The van der Waals surface area contributed by atoms with E-state index in [1.807, 2.05) is 6.92 Å². The lowest BCUT2D eigenvalue weighted by molar-refractivity contribution is 0.110. The van der Waals surface area contributed by atoms with E-state index in [4.69, 9.17) is 19.5 Å². The first-order valence-electron chi connectivity index (χ1n) is 5.01.